The maximum atomic E-state index is 13.8. The third-order valence-corrected chi connectivity index (χ3v) is 5.19. The average molecular weight is 419 g/mol. The fourth-order valence-corrected chi connectivity index (χ4v) is 3.35. The molecule has 6 heteroatoms. The first-order valence-electron chi connectivity index (χ1n) is 8.62. The number of carbonyl (C=O) groups excluding carboxylic acids is 2. The summed E-state index contributed by atoms with van der Waals surface area (Å²) in [5.41, 5.74) is 0.745. The summed E-state index contributed by atoms with van der Waals surface area (Å²) < 4.78 is 14.7. The van der Waals surface area contributed by atoms with Crippen molar-refractivity contribution < 1.29 is 14.0 Å². The summed E-state index contributed by atoms with van der Waals surface area (Å²) >= 11 is 3.35. The number of nitrogens with zero attached hydrogens (tertiary/aromatic N) is 1. The molecule has 1 fully saturated rings. The maximum absolute atomic E-state index is 13.8. The molecule has 1 aliphatic rings. The van der Waals surface area contributed by atoms with Crippen LogP contribution in [-0.4, -0.2) is 36.3 Å². The van der Waals surface area contributed by atoms with Crippen LogP contribution in [-0.2, 0) is 0 Å². The van der Waals surface area contributed by atoms with E-state index in [2.05, 4.69) is 21.2 Å². The van der Waals surface area contributed by atoms with E-state index in [1.165, 1.54) is 12.1 Å². The van der Waals surface area contributed by atoms with Crippen LogP contribution < -0.4 is 5.32 Å². The molecular weight excluding hydrogens is 399 g/mol. The van der Waals surface area contributed by atoms with Crippen LogP contribution in [0.2, 0.25) is 0 Å². The zero-order valence-electron chi connectivity index (χ0n) is 14.3. The minimum Gasteiger partial charge on any atom is -0.352 e. The van der Waals surface area contributed by atoms with Gasteiger partial charge in [-0.1, -0.05) is 28.1 Å². The van der Waals surface area contributed by atoms with Crippen molar-refractivity contribution in [3.05, 3.63) is 69.9 Å². The predicted molar refractivity (Wildman–Crippen MR) is 102 cm³/mol. The topological polar surface area (TPSA) is 49.4 Å². The highest BCUT2D eigenvalue weighted by atomic mass is 79.9. The molecule has 0 aliphatic carbocycles. The molecule has 0 saturated carbocycles. The van der Waals surface area contributed by atoms with E-state index < -0.39 is 5.82 Å². The third-order valence-electron chi connectivity index (χ3n) is 4.66. The van der Waals surface area contributed by atoms with E-state index in [-0.39, 0.29) is 17.4 Å². The number of amides is 2. The van der Waals surface area contributed by atoms with E-state index in [0.717, 1.165) is 17.3 Å². The van der Waals surface area contributed by atoms with Crippen molar-refractivity contribution in [1.82, 2.24) is 10.2 Å². The van der Waals surface area contributed by atoms with Crippen molar-refractivity contribution in [3.63, 3.8) is 0 Å². The van der Waals surface area contributed by atoms with Gasteiger partial charge in [-0.25, -0.2) is 4.39 Å². The van der Waals surface area contributed by atoms with Gasteiger partial charge in [-0.05, 0) is 55.2 Å². The number of hydrogen-bond acceptors (Lipinski definition) is 2. The number of halogens is 2. The molecule has 0 bridgehead atoms. The van der Waals surface area contributed by atoms with Crippen LogP contribution in [0, 0.1) is 11.7 Å². The Balaban J connectivity index is 1.48. The van der Waals surface area contributed by atoms with Gasteiger partial charge < -0.3 is 10.2 Å². The second-order valence-electron chi connectivity index (χ2n) is 6.43. The minimum absolute atomic E-state index is 0.0950. The lowest BCUT2D eigenvalue weighted by Crippen LogP contribution is -2.41. The summed E-state index contributed by atoms with van der Waals surface area (Å²) in [5, 5.41) is 2.96. The molecule has 0 aromatic heterocycles. The zero-order chi connectivity index (χ0) is 18.5. The highest BCUT2D eigenvalue weighted by Crippen LogP contribution is 2.20. The summed E-state index contributed by atoms with van der Waals surface area (Å²) in [5.74, 6) is -0.525. The lowest BCUT2D eigenvalue weighted by Gasteiger charge is -2.32. The first-order valence-corrected chi connectivity index (χ1v) is 9.41. The summed E-state index contributed by atoms with van der Waals surface area (Å²) in [6.07, 6.45) is 1.58. The van der Waals surface area contributed by atoms with E-state index in [1.54, 1.807) is 29.2 Å². The summed E-state index contributed by atoms with van der Waals surface area (Å²) in [4.78, 5) is 26.3. The first kappa shape index (κ1) is 18.6. The molecule has 2 amide bonds. The standard InChI is InChI=1S/C20H20BrFN2O2/c21-16-7-5-15(6-8-16)19(25)23-13-14-9-11-24(12-10-14)20(26)17-3-1-2-4-18(17)22/h1-8,14H,9-13H2,(H,23,25). The molecule has 1 aliphatic heterocycles. The van der Waals surface area contributed by atoms with Crippen molar-refractivity contribution in [3.8, 4) is 0 Å². The van der Waals surface area contributed by atoms with Gasteiger partial charge >= 0.3 is 0 Å². The van der Waals surface area contributed by atoms with Crippen LogP contribution in [0.5, 0.6) is 0 Å². The molecule has 3 rings (SSSR count). The van der Waals surface area contributed by atoms with E-state index in [9.17, 15) is 14.0 Å². The maximum Gasteiger partial charge on any atom is 0.256 e. The molecule has 2 aromatic carbocycles. The number of hydrogen-bond donors (Lipinski definition) is 1. The van der Waals surface area contributed by atoms with Gasteiger partial charge in [0.15, 0.2) is 0 Å². The fraction of sp³-hybridized carbons (Fsp3) is 0.300. The van der Waals surface area contributed by atoms with Gasteiger partial charge in [-0.15, -0.1) is 0 Å². The number of nitrogens with one attached hydrogen (secondary N) is 1. The van der Waals surface area contributed by atoms with Crippen molar-refractivity contribution >= 4 is 27.7 Å². The van der Waals surface area contributed by atoms with Crippen LogP contribution in [0.15, 0.2) is 53.0 Å². The summed E-state index contributed by atoms with van der Waals surface area (Å²) in [6.45, 7) is 1.73. The van der Waals surface area contributed by atoms with E-state index in [1.807, 2.05) is 12.1 Å². The Morgan fingerprint density at radius 1 is 1.08 bits per heavy atom. The van der Waals surface area contributed by atoms with Crippen LogP contribution in [0.4, 0.5) is 4.39 Å². The molecule has 1 N–H and O–H groups in total. The lowest BCUT2D eigenvalue weighted by molar-refractivity contribution is 0.0679. The Kier molecular flexibility index (Phi) is 6.04. The third kappa shape index (κ3) is 4.49. The van der Waals surface area contributed by atoms with Crippen LogP contribution in [0.25, 0.3) is 0 Å². The minimum atomic E-state index is -0.485. The first-order chi connectivity index (χ1) is 12.5. The largest absolute Gasteiger partial charge is 0.352 e. The van der Waals surface area contributed by atoms with Gasteiger partial charge in [0.05, 0.1) is 5.56 Å². The summed E-state index contributed by atoms with van der Waals surface area (Å²) in [7, 11) is 0. The van der Waals surface area contributed by atoms with Gasteiger partial charge in [0.2, 0.25) is 0 Å². The Bertz CT molecular complexity index is 787. The molecule has 0 unspecified atom stereocenters. The molecule has 0 atom stereocenters. The molecule has 1 heterocycles. The normalized spacial score (nSPS) is 14.9. The quantitative estimate of drug-likeness (QED) is 0.818. The molecule has 1 saturated heterocycles. The van der Waals surface area contributed by atoms with E-state index >= 15 is 0 Å². The molecule has 4 nitrogen and oxygen atoms in total. The fourth-order valence-electron chi connectivity index (χ4n) is 3.09. The Morgan fingerprint density at radius 3 is 2.38 bits per heavy atom. The van der Waals surface area contributed by atoms with Crippen LogP contribution >= 0.6 is 15.9 Å². The van der Waals surface area contributed by atoms with Gasteiger partial charge in [0.25, 0.3) is 11.8 Å². The highest BCUT2D eigenvalue weighted by molar-refractivity contribution is 9.10. The van der Waals surface area contributed by atoms with Crippen LogP contribution in [0.3, 0.4) is 0 Å². The van der Waals surface area contributed by atoms with E-state index in [0.29, 0.717) is 31.1 Å². The zero-order valence-corrected chi connectivity index (χ0v) is 15.8. The number of benzene rings is 2. The second kappa shape index (κ2) is 8.45. The van der Waals surface area contributed by atoms with Gasteiger partial charge in [-0.3, -0.25) is 9.59 Å². The van der Waals surface area contributed by atoms with Crippen molar-refractivity contribution in [1.29, 1.82) is 0 Å². The number of likely N-dealkylation sites (tertiary alicyclic amines) is 1. The number of piperidine rings is 1. The smallest absolute Gasteiger partial charge is 0.256 e. The average Bonchev–Trinajstić information content (AvgIpc) is 2.67. The highest BCUT2D eigenvalue weighted by Gasteiger charge is 2.25. The Labute approximate surface area is 160 Å². The summed E-state index contributed by atoms with van der Waals surface area (Å²) in [6, 6.07) is 13.3. The van der Waals surface area contributed by atoms with E-state index in [4.69, 9.17) is 0 Å². The predicted octanol–water partition coefficient (Wildman–Crippen LogP) is 3.87. The Hall–Kier alpha value is -2.21. The van der Waals surface area contributed by atoms with Gasteiger partial charge in [0, 0.05) is 29.7 Å². The van der Waals surface area contributed by atoms with Crippen molar-refractivity contribution in [2.75, 3.05) is 19.6 Å². The number of rotatable bonds is 4. The van der Waals surface area contributed by atoms with Gasteiger partial charge in [-0.2, -0.15) is 0 Å². The van der Waals surface area contributed by atoms with Crippen molar-refractivity contribution in [2.45, 2.75) is 12.8 Å². The molecule has 0 radical (unpaired) electrons. The second-order valence-corrected chi connectivity index (χ2v) is 7.35. The van der Waals surface area contributed by atoms with Gasteiger partial charge in [0.1, 0.15) is 5.82 Å². The molecule has 26 heavy (non-hydrogen) atoms. The molecule has 136 valence electrons. The van der Waals surface area contributed by atoms with Crippen molar-refractivity contribution in [2.24, 2.45) is 5.92 Å². The SMILES string of the molecule is O=C(NCC1CCN(C(=O)c2ccccc2F)CC1)c1ccc(Br)cc1. The molecular formula is C20H20BrFN2O2. The molecule has 0 spiro atoms. The Morgan fingerprint density at radius 2 is 1.73 bits per heavy atom. The lowest BCUT2D eigenvalue weighted by atomic mass is 9.96. The molecule has 2 aromatic rings. The monoisotopic (exact) mass is 418 g/mol. The number of carbonyl (C=O) groups is 2. The van der Waals surface area contributed by atoms with Crippen LogP contribution in [0.1, 0.15) is 33.6 Å².